The number of urea groups is 1. The van der Waals surface area contributed by atoms with Crippen molar-refractivity contribution >= 4 is 12.0 Å². The number of aryl methyl sites for hydroxylation is 1. The van der Waals surface area contributed by atoms with Crippen LogP contribution in [0.4, 0.5) is 4.79 Å². The first-order chi connectivity index (χ1) is 8.52. The third-order valence-corrected chi connectivity index (χ3v) is 2.45. The second kappa shape index (κ2) is 6.63. The Morgan fingerprint density at radius 3 is 2.78 bits per heavy atom. The first kappa shape index (κ1) is 14.0. The maximum atomic E-state index is 11.4. The highest BCUT2D eigenvalue weighted by molar-refractivity contribution is 5.82. The molecule has 0 aromatic carbocycles. The molecule has 0 spiro atoms. The molecule has 1 aromatic heterocycles. The van der Waals surface area contributed by atoms with E-state index in [2.05, 4.69) is 15.7 Å². The van der Waals surface area contributed by atoms with Crippen molar-refractivity contribution in [1.29, 1.82) is 0 Å². The van der Waals surface area contributed by atoms with Gasteiger partial charge in [0, 0.05) is 26.2 Å². The number of amides is 2. The van der Waals surface area contributed by atoms with Crippen LogP contribution < -0.4 is 10.6 Å². The lowest BCUT2D eigenvalue weighted by molar-refractivity contribution is -0.139. The van der Waals surface area contributed by atoms with Gasteiger partial charge in [-0.05, 0) is 12.5 Å². The van der Waals surface area contributed by atoms with Crippen LogP contribution in [-0.4, -0.2) is 39.5 Å². The number of carboxylic acids is 1. The fourth-order valence-electron chi connectivity index (χ4n) is 1.45. The van der Waals surface area contributed by atoms with Crippen LogP contribution in [0.1, 0.15) is 19.0 Å². The minimum Gasteiger partial charge on any atom is -0.480 e. The van der Waals surface area contributed by atoms with Crippen molar-refractivity contribution in [3.63, 3.8) is 0 Å². The molecule has 1 atom stereocenters. The molecule has 1 aromatic rings. The van der Waals surface area contributed by atoms with Crippen LogP contribution >= 0.6 is 0 Å². The van der Waals surface area contributed by atoms with Crippen molar-refractivity contribution in [2.45, 2.75) is 25.8 Å². The summed E-state index contributed by atoms with van der Waals surface area (Å²) < 4.78 is 1.69. The average molecular weight is 254 g/mol. The Kier molecular flexibility index (Phi) is 5.16. The van der Waals surface area contributed by atoms with E-state index in [-0.39, 0.29) is 0 Å². The van der Waals surface area contributed by atoms with Gasteiger partial charge in [0.1, 0.15) is 6.04 Å². The Morgan fingerprint density at radius 1 is 1.56 bits per heavy atom. The number of rotatable bonds is 6. The van der Waals surface area contributed by atoms with E-state index in [9.17, 15) is 9.59 Å². The SMILES string of the molecule is CCC(NC(=O)NCCc1ccn(C)n1)C(=O)O. The molecular weight excluding hydrogens is 236 g/mol. The van der Waals surface area contributed by atoms with Crippen LogP contribution in [0.15, 0.2) is 12.3 Å². The summed E-state index contributed by atoms with van der Waals surface area (Å²) in [5.41, 5.74) is 0.878. The van der Waals surface area contributed by atoms with Crippen molar-refractivity contribution in [2.75, 3.05) is 6.54 Å². The fourth-order valence-corrected chi connectivity index (χ4v) is 1.45. The lowest BCUT2D eigenvalue weighted by Crippen LogP contribution is -2.46. The van der Waals surface area contributed by atoms with E-state index in [4.69, 9.17) is 5.11 Å². The van der Waals surface area contributed by atoms with E-state index in [1.165, 1.54) is 0 Å². The van der Waals surface area contributed by atoms with Crippen molar-refractivity contribution in [3.05, 3.63) is 18.0 Å². The third-order valence-electron chi connectivity index (χ3n) is 2.45. The Bertz CT molecular complexity index is 416. The summed E-state index contributed by atoms with van der Waals surface area (Å²) in [4.78, 5) is 22.1. The zero-order chi connectivity index (χ0) is 13.5. The van der Waals surface area contributed by atoms with E-state index in [0.29, 0.717) is 19.4 Å². The number of carbonyl (C=O) groups excluding carboxylic acids is 1. The maximum absolute atomic E-state index is 11.4. The predicted octanol–water partition coefficient (Wildman–Crippen LogP) is 0.125. The van der Waals surface area contributed by atoms with E-state index in [1.54, 1.807) is 11.6 Å². The van der Waals surface area contributed by atoms with Crippen molar-refractivity contribution in [1.82, 2.24) is 20.4 Å². The number of hydrogen-bond donors (Lipinski definition) is 3. The maximum Gasteiger partial charge on any atom is 0.326 e. The summed E-state index contributed by atoms with van der Waals surface area (Å²) in [6.45, 7) is 2.12. The molecular formula is C11H18N4O3. The Labute approximate surface area is 105 Å². The lowest BCUT2D eigenvalue weighted by Gasteiger charge is -2.12. The second-order valence-corrected chi connectivity index (χ2v) is 3.93. The van der Waals surface area contributed by atoms with E-state index in [1.807, 2.05) is 19.3 Å². The smallest absolute Gasteiger partial charge is 0.326 e. The fraction of sp³-hybridized carbons (Fsp3) is 0.545. The van der Waals surface area contributed by atoms with Crippen molar-refractivity contribution in [2.24, 2.45) is 7.05 Å². The van der Waals surface area contributed by atoms with Crippen LogP contribution in [0.5, 0.6) is 0 Å². The molecule has 2 amide bonds. The Balaban J connectivity index is 2.26. The molecule has 7 heteroatoms. The number of nitrogens with one attached hydrogen (secondary N) is 2. The Morgan fingerprint density at radius 2 is 2.28 bits per heavy atom. The number of hydrogen-bond acceptors (Lipinski definition) is 3. The summed E-state index contributed by atoms with van der Waals surface area (Å²) in [5, 5.41) is 17.9. The lowest BCUT2D eigenvalue weighted by atomic mass is 10.2. The summed E-state index contributed by atoms with van der Waals surface area (Å²) in [6.07, 6.45) is 2.79. The van der Waals surface area contributed by atoms with E-state index in [0.717, 1.165) is 5.69 Å². The standard InChI is InChI=1S/C11H18N4O3/c1-3-9(10(16)17)13-11(18)12-6-4-8-5-7-15(2)14-8/h5,7,9H,3-4,6H2,1-2H3,(H,16,17)(H2,12,13,18). The zero-order valence-corrected chi connectivity index (χ0v) is 10.5. The van der Waals surface area contributed by atoms with Crippen LogP contribution in [0.25, 0.3) is 0 Å². The van der Waals surface area contributed by atoms with E-state index >= 15 is 0 Å². The highest BCUT2D eigenvalue weighted by Gasteiger charge is 2.16. The average Bonchev–Trinajstić information content (AvgIpc) is 2.71. The summed E-state index contributed by atoms with van der Waals surface area (Å²) in [6, 6.07) is 0.547. The molecule has 100 valence electrons. The van der Waals surface area contributed by atoms with Gasteiger partial charge in [-0.2, -0.15) is 5.10 Å². The molecule has 0 bridgehead atoms. The zero-order valence-electron chi connectivity index (χ0n) is 10.5. The van der Waals surface area contributed by atoms with Crippen LogP contribution in [0.2, 0.25) is 0 Å². The van der Waals surface area contributed by atoms with Gasteiger partial charge < -0.3 is 15.7 Å². The van der Waals surface area contributed by atoms with Gasteiger partial charge in [-0.25, -0.2) is 9.59 Å². The summed E-state index contributed by atoms with van der Waals surface area (Å²) >= 11 is 0. The van der Waals surface area contributed by atoms with Gasteiger partial charge in [-0.1, -0.05) is 6.92 Å². The van der Waals surface area contributed by atoms with Crippen molar-refractivity contribution < 1.29 is 14.7 Å². The highest BCUT2D eigenvalue weighted by atomic mass is 16.4. The molecule has 0 aliphatic heterocycles. The van der Waals surface area contributed by atoms with Crippen molar-refractivity contribution in [3.8, 4) is 0 Å². The van der Waals surface area contributed by atoms with Gasteiger partial charge in [-0.3, -0.25) is 4.68 Å². The molecule has 1 heterocycles. The topological polar surface area (TPSA) is 96.3 Å². The first-order valence-corrected chi connectivity index (χ1v) is 5.78. The monoisotopic (exact) mass is 254 g/mol. The van der Waals surface area contributed by atoms with Crippen LogP contribution in [-0.2, 0) is 18.3 Å². The third kappa shape index (κ3) is 4.44. The molecule has 0 saturated carbocycles. The number of carboxylic acid groups (broad SMARTS) is 1. The minimum absolute atomic E-state index is 0.350. The van der Waals surface area contributed by atoms with E-state index < -0.39 is 18.0 Å². The van der Waals surface area contributed by atoms with Gasteiger partial charge in [0.2, 0.25) is 0 Å². The molecule has 0 aliphatic rings. The van der Waals surface area contributed by atoms with Crippen LogP contribution in [0, 0.1) is 0 Å². The minimum atomic E-state index is -1.03. The van der Waals surface area contributed by atoms with Gasteiger partial charge in [-0.15, -0.1) is 0 Å². The quantitative estimate of drug-likeness (QED) is 0.672. The molecule has 0 saturated heterocycles. The molecule has 0 aliphatic carbocycles. The molecule has 3 N–H and O–H groups in total. The summed E-state index contributed by atoms with van der Waals surface area (Å²) in [5.74, 6) is -1.03. The van der Waals surface area contributed by atoms with Gasteiger partial charge in [0.25, 0.3) is 0 Å². The molecule has 0 radical (unpaired) electrons. The first-order valence-electron chi connectivity index (χ1n) is 5.78. The number of aliphatic carboxylic acids is 1. The second-order valence-electron chi connectivity index (χ2n) is 3.93. The Hall–Kier alpha value is -2.05. The number of nitrogens with zero attached hydrogens (tertiary/aromatic N) is 2. The molecule has 7 nitrogen and oxygen atoms in total. The highest BCUT2D eigenvalue weighted by Crippen LogP contribution is 1.94. The molecule has 1 unspecified atom stereocenters. The largest absolute Gasteiger partial charge is 0.480 e. The molecule has 0 fully saturated rings. The van der Waals surface area contributed by atoms with Gasteiger partial charge in [0.05, 0.1) is 5.69 Å². The predicted molar refractivity (Wildman–Crippen MR) is 65.2 cm³/mol. The summed E-state index contributed by atoms with van der Waals surface area (Å²) in [7, 11) is 1.82. The van der Waals surface area contributed by atoms with Gasteiger partial charge >= 0.3 is 12.0 Å². The molecule has 1 rings (SSSR count). The van der Waals surface area contributed by atoms with Gasteiger partial charge in [0.15, 0.2) is 0 Å². The number of aromatic nitrogens is 2. The molecule has 18 heavy (non-hydrogen) atoms. The normalized spacial score (nSPS) is 11.9. The van der Waals surface area contributed by atoms with Crippen LogP contribution in [0.3, 0.4) is 0 Å². The number of carbonyl (C=O) groups is 2.